The van der Waals surface area contributed by atoms with Crippen molar-refractivity contribution < 1.29 is 9.84 Å². The van der Waals surface area contributed by atoms with Gasteiger partial charge in [-0.2, -0.15) is 5.26 Å². The molecule has 4 heteroatoms. The van der Waals surface area contributed by atoms with Gasteiger partial charge in [0.25, 0.3) is 0 Å². The number of rotatable bonds is 8. The lowest BCUT2D eigenvalue weighted by atomic mass is 10.1. The Bertz CT molecular complexity index is 608. The van der Waals surface area contributed by atoms with E-state index in [9.17, 15) is 5.11 Å². The van der Waals surface area contributed by atoms with Crippen molar-refractivity contribution in [3.05, 3.63) is 65.7 Å². The summed E-state index contributed by atoms with van der Waals surface area (Å²) in [6.45, 7) is 1.38. The lowest BCUT2D eigenvalue weighted by molar-refractivity contribution is 0.239. The van der Waals surface area contributed by atoms with Gasteiger partial charge in [0.15, 0.2) is 0 Å². The molecule has 0 spiro atoms. The topological polar surface area (TPSA) is 65.3 Å². The lowest BCUT2D eigenvalue weighted by Crippen LogP contribution is -2.26. The first kappa shape index (κ1) is 16.0. The Morgan fingerprint density at radius 1 is 1.14 bits per heavy atom. The second kappa shape index (κ2) is 8.83. The van der Waals surface area contributed by atoms with E-state index in [1.807, 2.05) is 42.5 Å². The minimum atomic E-state index is -0.0527. The first-order chi connectivity index (χ1) is 10.8. The van der Waals surface area contributed by atoms with Crippen molar-refractivity contribution in [2.75, 3.05) is 19.8 Å². The number of nitrogens with zero attached hydrogens (tertiary/aromatic N) is 1. The average molecular weight is 296 g/mol. The van der Waals surface area contributed by atoms with Crippen LogP contribution in [0.1, 0.15) is 23.6 Å². The third-order valence-corrected chi connectivity index (χ3v) is 3.33. The molecule has 0 aliphatic rings. The van der Waals surface area contributed by atoms with Crippen LogP contribution in [-0.2, 0) is 0 Å². The van der Waals surface area contributed by atoms with E-state index in [0.29, 0.717) is 17.9 Å². The van der Waals surface area contributed by atoms with Crippen LogP contribution in [0.3, 0.4) is 0 Å². The third kappa shape index (κ3) is 4.88. The zero-order chi connectivity index (χ0) is 15.6. The highest BCUT2D eigenvalue weighted by Gasteiger charge is 2.08. The molecule has 22 heavy (non-hydrogen) atoms. The molecule has 0 saturated heterocycles. The largest absolute Gasteiger partial charge is 0.494 e. The van der Waals surface area contributed by atoms with E-state index in [1.54, 1.807) is 12.1 Å². The summed E-state index contributed by atoms with van der Waals surface area (Å²) < 4.78 is 5.62. The molecule has 0 aliphatic carbocycles. The molecule has 0 radical (unpaired) electrons. The van der Waals surface area contributed by atoms with Crippen LogP contribution >= 0.6 is 0 Å². The van der Waals surface area contributed by atoms with E-state index < -0.39 is 0 Å². The average Bonchev–Trinajstić information content (AvgIpc) is 2.59. The SMILES string of the molecule is N#Cc1cccc(OCCCN[C@H](CO)c2ccccc2)c1. The maximum Gasteiger partial charge on any atom is 0.120 e. The highest BCUT2D eigenvalue weighted by molar-refractivity contribution is 5.36. The van der Waals surface area contributed by atoms with Crippen molar-refractivity contribution in [2.24, 2.45) is 0 Å². The summed E-state index contributed by atoms with van der Waals surface area (Å²) >= 11 is 0. The molecule has 0 fully saturated rings. The van der Waals surface area contributed by atoms with Crippen LogP contribution in [0.4, 0.5) is 0 Å². The van der Waals surface area contributed by atoms with Crippen LogP contribution in [0.15, 0.2) is 54.6 Å². The zero-order valence-electron chi connectivity index (χ0n) is 12.4. The van der Waals surface area contributed by atoms with Gasteiger partial charge in [-0.25, -0.2) is 0 Å². The number of nitriles is 1. The molecule has 2 aromatic carbocycles. The quantitative estimate of drug-likeness (QED) is 0.735. The first-order valence-corrected chi connectivity index (χ1v) is 7.35. The van der Waals surface area contributed by atoms with Gasteiger partial charge >= 0.3 is 0 Å². The number of ether oxygens (including phenoxy) is 1. The summed E-state index contributed by atoms with van der Waals surface area (Å²) in [6.07, 6.45) is 0.820. The minimum Gasteiger partial charge on any atom is -0.494 e. The summed E-state index contributed by atoms with van der Waals surface area (Å²) in [5, 5.41) is 21.6. The molecule has 114 valence electrons. The van der Waals surface area contributed by atoms with Crippen molar-refractivity contribution in [3.8, 4) is 11.8 Å². The van der Waals surface area contributed by atoms with Gasteiger partial charge in [-0.15, -0.1) is 0 Å². The molecular formula is C18H20N2O2. The van der Waals surface area contributed by atoms with Crippen LogP contribution in [0.2, 0.25) is 0 Å². The Balaban J connectivity index is 1.71. The molecule has 2 N–H and O–H groups in total. The second-order valence-corrected chi connectivity index (χ2v) is 4.94. The van der Waals surface area contributed by atoms with Gasteiger partial charge < -0.3 is 15.2 Å². The van der Waals surface area contributed by atoms with E-state index >= 15 is 0 Å². The number of hydrogen-bond acceptors (Lipinski definition) is 4. The smallest absolute Gasteiger partial charge is 0.120 e. The third-order valence-electron chi connectivity index (χ3n) is 3.33. The van der Waals surface area contributed by atoms with E-state index in [-0.39, 0.29) is 12.6 Å². The Morgan fingerprint density at radius 2 is 1.95 bits per heavy atom. The van der Waals surface area contributed by atoms with Gasteiger partial charge in [-0.1, -0.05) is 36.4 Å². The highest BCUT2D eigenvalue weighted by Crippen LogP contribution is 2.13. The number of aliphatic hydroxyl groups is 1. The van der Waals surface area contributed by atoms with Crippen molar-refractivity contribution in [1.29, 1.82) is 5.26 Å². The van der Waals surface area contributed by atoms with E-state index in [0.717, 1.165) is 18.5 Å². The van der Waals surface area contributed by atoms with Gasteiger partial charge in [0.05, 0.1) is 30.9 Å². The fourth-order valence-electron chi connectivity index (χ4n) is 2.17. The van der Waals surface area contributed by atoms with Crippen molar-refractivity contribution in [1.82, 2.24) is 5.32 Å². The molecule has 0 amide bonds. The van der Waals surface area contributed by atoms with Gasteiger partial charge in [0.2, 0.25) is 0 Å². The number of nitrogens with one attached hydrogen (secondary N) is 1. The van der Waals surface area contributed by atoms with Crippen LogP contribution in [0, 0.1) is 11.3 Å². The van der Waals surface area contributed by atoms with Crippen molar-refractivity contribution in [2.45, 2.75) is 12.5 Å². The molecule has 4 nitrogen and oxygen atoms in total. The molecule has 0 heterocycles. The minimum absolute atomic E-state index is 0.0527. The molecule has 0 unspecified atom stereocenters. The van der Waals surface area contributed by atoms with Crippen LogP contribution in [0.25, 0.3) is 0 Å². The van der Waals surface area contributed by atoms with Gasteiger partial charge in [-0.05, 0) is 36.7 Å². The molecule has 0 saturated carbocycles. The number of aliphatic hydroxyl groups excluding tert-OH is 1. The van der Waals surface area contributed by atoms with Crippen molar-refractivity contribution in [3.63, 3.8) is 0 Å². The Hall–Kier alpha value is -2.35. The highest BCUT2D eigenvalue weighted by atomic mass is 16.5. The van der Waals surface area contributed by atoms with Gasteiger partial charge in [0.1, 0.15) is 5.75 Å². The Morgan fingerprint density at radius 3 is 2.68 bits per heavy atom. The molecule has 0 aliphatic heterocycles. The van der Waals surface area contributed by atoms with Crippen LogP contribution < -0.4 is 10.1 Å². The fourth-order valence-corrected chi connectivity index (χ4v) is 2.17. The number of benzene rings is 2. The Kier molecular flexibility index (Phi) is 6.43. The maximum absolute atomic E-state index is 9.45. The van der Waals surface area contributed by atoms with Gasteiger partial charge in [-0.3, -0.25) is 0 Å². The van der Waals surface area contributed by atoms with Crippen LogP contribution in [-0.4, -0.2) is 24.9 Å². The molecule has 0 bridgehead atoms. The molecule has 2 aromatic rings. The zero-order valence-corrected chi connectivity index (χ0v) is 12.4. The summed E-state index contributed by atoms with van der Waals surface area (Å²) in [6, 6.07) is 19.0. The molecule has 1 atom stereocenters. The van der Waals surface area contributed by atoms with E-state index in [4.69, 9.17) is 10.00 Å². The standard InChI is InChI=1S/C18H20N2O2/c19-13-15-6-4-9-17(12-15)22-11-5-10-20-18(14-21)16-7-2-1-3-8-16/h1-4,6-9,12,18,20-21H,5,10-11,14H2/t18-/m1/s1. The maximum atomic E-state index is 9.45. The molecule has 2 rings (SSSR count). The fraction of sp³-hybridized carbons (Fsp3) is 0.278. The van der Waals surface area contributed by atoms with E-state index in [1.165, 1.54) is 0 Å². The Labute approximate surface area is 131 Å². The first-order valence-electron chi connectivity index (χ1n) is 7.35. The normalized spacial score (nSPS) is 11.6. The predicted molar refractivity (Wildman–Crippen MR) is 85.5 cm³/mol. The summed E-state index contributed by atoms with van der Waals surface area (Å²) in [7, 11) is 0. The van der Waals surface area contributed by atoms with E-state index in [2.05, 4.69) is 11.4 Å². The second-order valence-electron chi connectivity index (χ2n) is 4.94. The summed E-state index contributed by atoms with van der Waals surface area (Å²) in [5.74, 6) is 0.709. The van der Waals surface area contributed by atoms with Crippen LogP contribution in [0.5, 0.6) is 5.75 Å². The summed E-state index contributed by atoms with van der Waals surface area (Å²) in [5.41, 5.74) is 1.67. The monoisotopic (exact) mass is 296 g/mol. The lowest BCUT2D eigenvalue weighted by Gasteiger charge is -2.16. The summed E-state index contributed by atoms with van der Waals surface area (Å²) in [4.78, 5) is 0. The number of hydrogen-bond donors (Lipinski definition) is 2. The van der Waals surface area contributed by atoms with Gasteiger partial charge in [0, 0.05) is 0 Å². The predicted octanol–water partition coefficient (Wildman–Crippen LogP) is 2.65. The van der Waals surface area contributed by atoms with Crippen molar-refractivity contribution >= 4 is 0 Å². The molecule has 0 aromatic heterocycles. The molecular weight excluding hydrogens is 276 g/mol.